The molecule has 1 aliphatic heterocycles. The lowest BCUT2D eigenvalue weighted by atomic mass is 9.93. The number of ether oxygens (including phenoxy) is 2. The lowest BCUT2D eigenvalue weighted by Crippen LogP contribution is -2.28. The predicted molar refractivity (Wildman–Crippen MR) is 189 cm³/mol. The molecule has 1 fully saturated rings. The Morgan fingerprint density at radius 2 is 1.90 bits per heavy atom. The highest BCUT2D eigenvalue weighted by molar-refractivity contribution is 7.84. The van der Waals surface area contributed by atoms with Crippen molar-refractivity contribution in [2.75, 3.05) is 18.5 Å². The minimum atomic E-state index is -4.75. The van der Waals surface area contributed by atoms with E-state index in [0.717, 1.165) is 28.0 Å². The SMILES string of the molecule is Cc1sc(C(=O)c2cncnc2N[C@H]2C[C@H](COS(N)(=O)=O)[C@@H](OC(=O)Cc3ccc(OP(=O)(O)O)cc3)C2)cc1[C@@H]1OCCc2ccc(Cl)cc21. The van der Waals surface area contributed by atoms with Gasteiger partial charge in [-0.1, -0.05) is 29.8 Å². The minimum absolute atomic E-state index is 0.0815. The minimum Gasteiger partial charge on any atom is -0.462 e. The lowest BCUT2D eigenvalue weighted by Gasteiger charge is -2.26. The maximum atomic E-state index is 14.0. The van der Waals surface area contributed by atoms with Gasteiger partial charge in [-0.3, -0.25) is 23.6 Å². The van der Waals surface area contributed by atoms with Gasteiger partial charge in [-0.05, 0) is 72.4 Å². The van der Waals surface area contributed by atoms with Crippen LogP contribution in [0.25, 0.3) is 0 Å². The first-order chi connectivity index (χ1) is 24.6. The molecule has 0 amide bonds. The number of phosphoric acid groups is 1. The Bertz CT molecular complexity index is 2130. The number of aromatic nitrogens is 2. The molecule has 4 atom stereocenters. The van der Waals surface area contributed by atoms with E-state index < -0.39 is 42.2 Å². The number of fused-ring (bicyclic) bond motifs is 1. The molecule has 6 rings (SSSR count). The van der Waals surface area contributed by atoms with Crippen molar-refractivity contribution in [1.29, 1.82) is 0 Å². The Morgan fingerprint density at radius 3 is 2.63 bits per heavy atom. The molecule has 0 unspecified atom stereocenters. The molecule has 52 heavy (non-hydrogen) atoms. The fourth-order valence-electron chi connectivity index (χ4n) is 6.37. The highest BCUT2D eigenvalue weighted by Crippen LogP contribution is 2.40. The summed E-state index contributed by atoms with van der Waals surface area (Å²) in [5, 5.41) is 8.93. The average Bonchev–Trinajstić information content (AvgIpc) is 3.65. The topological polar surface area (TPSA) is 227 Å². The summed E-state index contributed by atoms with van der Waals surface area (Å²) in [6, 6.07) is 12.7. The highest BCUT2D eigenvalue weighted by atomic mass is 35.5. The molecular weight excluding hydrogens is 759 g/mol. The zero-order valence-electron chi connectivity index (χ0n) is 27.5. The number of thiophene rings is 1. The number of hydrogen-bond donors (Lipinski definition) is 4. The fourth-order valence-corrected chi connectivity index (χ4v) is 8.31. The number of nitrogens with zero attached hydrogens (tertiary/aromatic N) is 2. The summed E-state index contributed by atoms with van der Waals surface area (Å²) in [4.78, 5) is 54.7. The van der Waals surface area contributed by atoms with Crippen LogP contribution in [-0.2, 0) is 46.2 Å². The van der Waals surface area contributed by atoms with Crippen molar-refractivity contribution in [1.82, 2.24) is 9.97 Å². The summed E-state index contributed by atoms with van der Waals surface area (Å²) < 4.78 is 55.6. The van der Waals surface area contributed by atoms with Gasteiger partial charge in [0.05, 0.1) is 30.1 Å². The molecule has 1 saturated carbocycles. The largest absolute Gasteiger partial charge is 0.524 e. The zero-order valence-corrected chi connectivity index (χ0v) is 30.8. The van der Waals surface area contributed by atoms with Crippen LogP contribution in [0.15, 0.2) is 61.1 Å². The van der Waals surface area contributed by atoms with Crippen molar-refractivity contribution in [2.45, 2.75) is 50.9 Å². The molecule has 19 heteroatoms. The van der Waals surface area contributed by atoms with E-state index in [1.54, 1.807) is 0 Å². The molecule has 2 aliphatic rings. The van der Waals surface area contributed by atoms with Crippen LogP contribution >= 0.6 is 30.8 Å². The molecule has 1 aliphatic carbocycles. The van der Waals surface area contributed by atoms with E-state index >= 15 is 0 Å². The van der Waals surface area contributed by atoms with E-state index in [2.05, 4.69) is 19.8 Å². The molecule has 4 aromatic rings. The van der Waals surface area contributed by atoms with Gasteiger partial charge in [-0.15, -0.1) is 11.3 Å². The second-order valence-electron chi connectivity index (χ2n) is 12.4. The third-order valence-electron chi connectivity index (χ3n) is 8.66. The Kier molecular flexibility index (Phi) is 11.5. The van der Waals surface area contributed by atoms with Crippen LogP contribution in [-0.4, -0.2) is 65.3 Å². The number of ketones is 1. The van der Waals surface area contributed by atoms with Crippen LogP contribution in [0, 0.1) is 12.8 Å². The van der Waals surface area contributed by atoms with Gasteiger partial charge in [-0.25, -0.2) is 19.7 Å². The van der Waals surface area contributed by atoms with Crippen LogP contribution in [0.1, 0.15) is 61.3 Å². The Morgan fingerprint density at radius 1 is 1.13 bits per heavy atom. The zero-order chi connectivity index (χ0) is 37.2. The summed E-state index contributed by atoms with van der Waals surface area (Å²) in [6.07, 6.45) is 2.63. The molecule has 0 radical (unpaired) electrons. The number of phosphoric ester groups is 1. The van der Waals surface area contributed by atoms with E-state index in [-0.39, 0.29) is 54.9 Å². The van der Waals surface area contributed by atoms with E-state index in [9.17, 15) is 22.6 Å². The Labute approximate surface area is 307 Å². The van der Waals surface area contributed by atoms with Gasteiger partial charge >= 0.3 is 24.1 Å². The normalized spacial score (nSPS) is 20.2. The van der Waals surface area contributed by atoms with Gasteiger partial charge in [0.1, 0.15) is 30.1 Å². The number of anilines is 1. The van der Waals surface area contributed by atoms with E-state index in [0.29, 0.717) is 22.1 Å². The van der Waals surface area contributed by atoms with Crippen LogP contribution < -0.4 is 15.0 Å². The average molecular weight is 793 g/mol. The third-order valence-corrected chi connectivity index (χ3v) is 10.9. The molecule has 3 heterocycles. The van der Waals surface area contributed by atoms with Crippen molar-refractivity contribution >= 4 is 58.6 Å². The molecule has 5 N–H and O–H groups in total. The van der Waals surface area contributed by atoms with E-state index in [4.69, 9.17) is 40.2 Å². The van der Waals surface area contributed by atoms with Gasteiger partial charge in [0.15, 0.2) is 0 Å². The highest BCUT2D eigenvalue weighted by Gasteiger charge is 2.39. The number of aryl methyl sites for hydroxylation is 1. The van der Waals surface area contributed by atoms with E-state index in [1.807, 2.05) is 31.2 Å². The maximum Gasteiger partial charge on any atom is 0.524 e. The molecule has 0 bridgehead atoms. The van der Waals surface area contributed by atoms with Crippen molar-refractivity contribution < 1.29 is 50.5 Å². The molecule has 2 aromatic carbocycles. The first-order valence-corrected chi connectivity index (χ1v) is 20.1. The van der Waals surface area contributed by atoms with Crippen molar-refractivity contribution in [3.63, 3.8) is 0 Å². The first-order valence-electron chi connectivity index (χ1n) is 15.9. The number of hydrogen-bond acceptors (Lipinski definition) is 13. The van der Waals surface area contributed by atoms with Crippen molar-refractivity contribution in [3.8, 4) is 5.75 Å². The summed E-state index contributed by atoms with van der Waals surface area (Å²) >= 11 is 7.64. The second kappa shape index (κ2) is 15.7. The molecule has 0 saturated heterocycles. The number of esters is 1. The van der Waals surface area contributed by atoms with E-state index in [1.165, 1.54) is 48.1 Å². The fraction of sp³-hybridized carbons (Fsp3) is 0.333. The maximum absolute atomic E-state index is 14.0. The molecular formula is C33H34ClN4O11PS2. The smallest absolute Gasteiger partial charge is 0.462 e. The van der Waals surface area contributed by atoms with Gasteiger partial charge in [0.25, 0.3) is 0 Å². The monoisotopic (exact) mass is 792 g/mol. The summed E-state index contributed by atoms with van der Waals surface area (Å²) in [7, 11) is -9.04. The van der Waals surface area contributed by atoms with Gasteiger partial charge in [0.2, 0.25) is 5.78 Å². The first kappa shape index (κ1) is 38.0. The number of benzene rings is 2. The quantitative estimate of drug-likeness (QED) is 0.0835. The lowest BCUT2D eigenvalue weighted by molar-refractivity contribution is -0.150. The molecule has 276 valence electrons. The summed E-state index contributed by atoms with van der Waals surface area (Å²) in [5.41, 5.74) is 3.67. The number of rotatable bonds is 13. The van der Waals surface area contributed by atoms with Crippen molar-refractivity contribution in [3.05, 3.63) is 104 Å². The molecule has 15 nitrogen and oxygen atoms in total. The predicted octanol–water partition coefficient (Wildman–Crippen LogP) is 4.43. The third kappa shape index (κ3) is 9.60. The molecule has 2 aromatic heterocycles. The van der Waals surface area contributed by atoms with Crippen molar-refractivity contribution in [2.24, 2.45) is 11.1 Å². The van der Waals surface area contributed by atoms with Crippen LogP contribution in [0.4, 0.5) is 5.82 Å². The van der Waals surface area contributed by atoms with Crippen LogP contribution in [0.3, 0.4) is 0 Å². The van der Waals surface area contributed by atoms with Crippen LogP contribution in [0.5, 0.6) is 5.75 Å². The number of nitrogens with one attached hydrogen (secondary N) is 1. The number of halogens is 1. The molecule has 0 spiro atoms. The van der Waals surface area contributed by atoms with Gasteiger partial charge < -0.3 is 19.3 Å². The Balaban J connectivity index is 1.16. The van der Waals surface area contributed by atoms with Gasteiger partial charge in [0, 0.05) is 34.5 Å². The Hall–Kier alpha value is -3.77. The second-order valence-corrected chi connectivity index (χ2v) is 16.4. The standard InChI is InChI=1S/C33H34ClN4O11PS2/c1-18-25(32-26-12-22(34)5-4-20(26)8-9-46-32)14-29(51-18)31(40)27-15-36-17-37-33(27)38-23-11-21(16-47-52(35,44)45)28(13-23)48-30(39)10-19-2-6-24(7-3-19)49-50(41,42)43/h2-7,12,14-15,17,21,23,28,32H,8-11,13,16H2,1H3,(H2,35,44,45)(H,36,37,38)(H2,41,42,43)/t21-,23+,28+,32+/m1/s1. The number of nitrogens with two attached hydrogens (primary N) is 1. The van der Waals surface area contributed by atoms with Crippen LogP contribution in [0.2, 0.25) is 5.02 Å². The summed E-state index contributed by atoms with van der Waals surface area (Å²) in [6.45, 7) is 2.11. The number of carbonyl (C=O) groups excluding carboxylic acids is 2. The number of carbonyl (C=O) groups is 2. The van der Waals surface area contributed by atoms with Gasteiger partial charge in [-0.2, -0.15) is 8.42 Å². The summed E-state index contributed by atoms with van der Waals surface area (Å²) in [5.74, 6) is -1.36.